The van der Waals surface area contributed by atoms with Gasteiger partial charge < -0.3 is 10.2 Å². The number of pyridine rings is 1. The van der Waals surface area contributed by atoms with Crippen LogP contribution in [0.2, 0.25) is 5.02 Å². The smallest absolute Gasteiger partial charge is 0.316 e. The van der Waals surface area contributed by atoms with Crippen molar-refractivity contribution in [2.24, 2.45) is 0 Å². The van der Waals surface area contributed by atoms with Crippen LogP contribution in [0, 0.1) is 6.92 Å². The van der Waals surface area contributed by atoms with E-state index in [2.05, 4.69) is 10.3 Å². The van der Waals surface area contributed by atoms with Crippen LogP contribution in [0.25, 0.3) is 0 Å². The van der Waals surface area contributed by atoms with E-state index >= 15 is 0 Å². The fourth-order valence-corrected chi connectivity index (χ4v) is 3.00. The molecule has 3 aromatic rings. The molecule has 132 valence electrons. The average molecular weight is 366 g/mol. The molecule has 0 aliphatic heterocycles. The molecule has 0 bridgehead atoms. The number of anilines is 1. The molecule has 4 nitrogen and oxygen atoms in total. The van der Waals surface area contributed by atoms with Gasteiger partial charge in [-0.05, 0) is 53.9 Å². The summed E-state index contributed by atoms with van der Waals surface area (Å²) < 4.78 is 0. The molecule has 1 N–H and O–H groups in total. The zero-order valence-electron chi connectivity index (χ0n) is 14.7. The van der Waals surface area contributed by atoms with Crippen molar-refractivity contribution in [2.75, 3.05) is 12.4 Å². The molecule has 26 heavy (non-hydrogen) atoms. The minimum atomic E-state index is -0.272. The number of urea groups is 1. The number of carbonyl (C=O) groups excluding carboxylic acids is 1. The van der Waals surface area contributed by atoms with Crippen molar-refractivity contribution in [3.8, 4) is 0 Å². The number of nitrogens with one attached hydrogen (secondary N) is 1. The number of halogens is 1. The molecule has 0 aliphatic rings. The normalized spacial score (nSPS) is 11.7. The number of carbonyl (C=O) groups is 1. The Bertz CT molecular complexity index is 881. The van der Waals surface area contributed by atoms with Gasteiger partial charge in [0.2, 0.25) is 0 Å². The van der Waals surface area contributed by atoms with Gasteiger partial charge in [-0.1, -0.05) is 41.9 Å². The van der Waals surface area contributed by atoms with Crippen LogP contribution in [0.1, 0.15) is 22.7 Å². The van der Waals surface area contributed by atoms with Crippen molar-refractivity contribution < 1.29 is 4.79 Å². The summed E-state index contributed by atoms with van der Waals surface area (Å²) in [5.74, 6) is 0. The van der Waals surface area contributed by atoms with E-state index in [1.165, 1.54) is 0 Å². The molecule has 1 aromatic heterocycles. The second-order valence-electron chi connectivity index (χ2n) is 6.15. The maximum Gasteiger partial charge on any atom is 0.322 e. The molecule has 1 atom stereocenters. The first-order valence-corrected chi connectivity index (χ1v) is 8.68. The number of rotatable bonds is 4. The Hall–Kier alpha value is -2.85. The van der Waals surface area contributed by atoms with Crippen molar-refractivity contribution >= 4 is 23.3 Å². The Morgan fingerprint density at radius 3 is 2.50 bits per heavy atom. The van der Waals surface area contributed by atoms with Gasteiger partial charge in [-0.3, -0.25) is 4.98 Å². The monoisotopic (exact) mass is 365 g/mol. The molecule has 5 heteroatoms. The summed E-state index contributed by atoms with van der Waals surface area (Å²) >= 11 is 6.02. The zero-order valence-corrected chi connectivity index (χ0v) is 15.4. The third kappa shape index (κ3) is 4.21. The highest BCUT2D eigenvalue weighted by atomic mass is 35.5. The molecular weight excluding hydrogens is 346 g/mol. The minimum Gasteiger partial charge on any atom is -0.316 e. The molecule has 2 amide bonds. The standard InChI is InChI=1S/C21H20ClN3O/c1-15-5-3-7-19(13-15)24-21(26)25(2)20(17-6-4-12-23-14-17)16-8-10-18(22)11-9-16/h3-14,20H,1-2H3,(H,24,26)/t20-/m1/s1. The van der Waals surface area contributed by atoms with Crippen molar-refractivity contribution in [1.29, 1.82) is 0 Å². The molecule has 0 unspecified atom stereocenters. The molecule has 0 fully saturated rings. The van der Waals surface area contributed by atoms with Gasteiger partial charge >= 0.3 is 6.03 Å². The van der Waals surface area contributed by atoms with Gasteiger partial charge in [0.05, 0.1) is 6.04 Å². The summed E-state index contributed by atoms with van der Waals surface area (Å²) in [6.45, 7) is 1.99. The summed E-state index contributed by atoms with van der Waals surface area (Å²) in [5.41, 5.74) is 3.75. The predicted molar refractivity (Wildman–Crippen MR) is 105 cm³/mol. The Kier molecular flexibility index (Phi) is 5.54. The summed E-state index contributed by atoms with van der Waals surface area (Å²) in [6, 6.07) is 18.6. The fraction of sp³-hybridized carbons (Fsp3) is 0.143. The second-order valence-corrected chi connectivity index (χ2v) is 6.59. The van der Waals surface area contributed by atoms with E-state index in [4.69, 9.17) is 11.6 Å². The molecule has 0 radical (unpaired) electrons. The van der Waals surface area contributed by atoms with Crippen LogP contribution >= 0.6 is 11.6 Å². The maximum atomic E-state index is 12.8. The molecule has 0 spiro atoms. The zero-order chi connectivity index (χ0) is 18.5. The van der Waals surface area contributed by atoms with Crippen molar-refractivity contribution in [1.82, 2.24) is 9.88 Å². The first kappa shape index (κ1) is 18.0. The van der Waals surface area contributed by atoms with E-state index in [0.29, 0.717) is 5.02 Å². The molecule has 2 aromatic carbocycles. The molecule has 0 aliphatic carbocycles. The minimum absolute atomic E-state index is 0.195. The maximum absolute atomic E-state index is 12.8. The lowest BCUT2D eigenvalue weighted by molar-refractivity contribution is 0.212. The van der Waals surface area contributed by atoms with Gasteiger partial charge in [-0.15, -0.1) is 0 Å². The highest BCUT2D eigenvalue weighted by molar-refractivity contribution is 6.30. The van der Waals surface area contributed by atoms with Crippen molar-refractivity contribution in [3.63, 3.8) is 0 Å². The number of aryl methyl sites for hydroxylation is 1. The number of benzene rings is 2. The summed E-state index contributed by atoms with van der Waals surface area (Å²) in [4.78, 5) is 18.7. The SMILES string of the molecule is Cc1cccc(NC(=O)N(C)[C@H](c2ccc(Cl)cc2)c2cccnc2)c1. The molecule has 0 saturated carbocycles. The van der Waals surface area contributed by atoms with Crippen LogP contribution in [-0.4, -0.2) is 23.0 Å². The highest BCUT2D eigenvalue weighted by Crippen LogP contribution is 2.28. The molecule has 1 heterocycles. The lowest BCUT2D eigenvalue weighted by atomic mass is 9.99. The van der Waals surface area contributed by atoms with E-state index in [9.17, 15) is 4.79 Å². The van der Waals surface area contributed by atoms with Gasteiger partial charge in [-0.25, -0.2) is 4.79 Å². The lowest BCUT2D eigenvalue weighted by Gasteiger charge is -2.29. The summed E-state index contributed by atoms with van der Waals surface area (Å²) in [7, 11) is 1.78. The third-order valence-corrected chi connectivity index (χ3v) is 4.41. The predicted octanol–water partition coefficient (Wildman–Crippen LogP) is 5.30. The Morgan fingerprint density at radius 1 is 1.08 bits per heavy atom. The second kappa shape index (κ2) is 8.02. The first-order chi connectivity index (χ1) is 12.5. The topological polar surface area (TPSA) is 45.2 Å². The van der Waals surface area contributed by atoms with Crippen LogP contribution in [0.5, 0.6) is 0 Å². The largest absolute Gasteiger partial charge is 0.322 e. The quantitative estimate of drug-likeness (QED) is 0.682. The Labute approximate surface area is 158 Å². The van der Waals surface area contributed by atoms with Gasteiger partial charge in [0, 0.05) is 30.2 Å². The highest BCUT2D eigenvalue weighted by Gasteiger charge is 2.24. The first-order valence-electron chi connectivity index (χ1n) is 8.30. The third-order valence-electron chi connectivity index (χ3n) is 4.16. The van der Waals surface area contributed by atoms with E-state index in [0.717, 1.165) is 22.4 Å². The van der Waals surface area contributed by atoms with Gasteiger partial charge in [0.1, 0.15) is 0 Å². The van der Waals surface area contributed by atoms with Crippen molar-refractivity contribution in [2.45, 2.75) is 13.0 Å². The molecular formula is C21H20ClN3O. The fourth-order valence-electron chi connectivity index (χ4n) is 2.87. The number of hydrogen-bond donors (Lipinski definition) is 1. The summed E-state index contributed by atoms with van der Waals surface area (Å²) in [5, 5.41) is 3.61. The van der Waals surface area contributed by atoms with E-state index < -0.39 is 0 Å². The van der Waals surface area contributed by atoms with Gasteiger partial charge in [-0.2, -0.15) is 0 Å². The number of aromatic nitrogens is 1. The Balaban J connectivity index is 1.90. The van der Waals surface area contributed by atoms with Crippen LogP contribution < -0.4 is 5.32 Å². The van der Waals surface area contributed by atoms with Gasteiger partial charge in [0.15, 0.2) is 0 Å². The Morgan fingerprint density at radius 2 is 1.85 bits per heavy atom. The van der Waals surface area contributed by atoms with E-state index in [1.807, 2.05) is 67.6 Å². The van der Waals surface area contributed by atoms with Gasteiger partial charge in [0.25, 0.3) is 0 Å². The molecule has 0 saturated heterocycles. The summed E-state index contributed by atoms with van der Waals surface area (Å²) in [6.07, 6.45) is 3.49. The van der Waals surface area contributed by atoms with Crippen LogP contribution in [-0.2, 0) is 0 Å². The lowest BCUT2D eigenvalue weighted by Crippen LogP contribution is -2.35. The number of hydrogen-bond acceptors (Lipinski definition) is 2. The molecule has 3 rings (SSSR count). The van der Waals surface area contributed by atoms with Crippen LogP contribution in [0.4, 0.5) is 10.5 Å². The van der Waals surface area contributed by atoms with Crippen LogP contribution in [0.3, 0.4) is 0 Å². The average Bonchev–Trinajstić information content (AvgIpc) is 2.64. The van der Waals surface area contributed by atoms with E-state index in [1.54, 1.807) is 24.3 Å². The van der Waals surface area contributed by atoms with Crippen molar-refractivity contribution in [3.05, 3.63) is 94.8 Å². The number of nitrogens with zero attached hydrogens (tertiary/aromatic N) is 2. The van der Waals surface area contributed by atoms with E-state index in [-0.39, 0.29) is 12.1 Å². The number of amides is 2. The van der Waals surface area contributed by atoms with Crippen LogP contribution in [0.15, 0.2) is 73.1 Å².